The average Bonchev–Trinajstić information content (AvgIpc) is 2.48. The van der Waals surface area contributed by atoms with Crippen molar-refractivity contribution in [3.63, 3.8) is 0 Å². The molecule has 1 aliphatic heterocycles. The molecule has 0 spiro atoms. The molecule has 0 fully saturated rings. The molecule has 0 saturated carbocycles. The van der Waals surface area contributed by atoms with Crippen molar-refractivity contribution in [2.75, 3.05) is 11.4 Å². The Balaban J connectivity index is 2.33. The number of anilines is 1. The maximum atomic E-state index is 3.63. The molecule has 1 aliphatic rings. The Hall–Kier alpha value is -1.02. The van der Waals surface area contributed by atoms with Crippen LogP contribution in [-0.4, -0.2) is 18.6 Å². The molecule has 2 heteroatoms. The van der Waals surface area contributed by atoms with Crippen molar-refractivity contribution in [2.45, 2.75) is 45.8 Å². The van der Waals surface area contributed by atoms with Crippen LogP contribution < -0.4 is 10.2 Å². The highest BCUT2D eigenvalue weighted by Gasteiger charge is 2.21. The van der Waals surface area contributed by atoms with E-state index in [0.717, 1.165) is 13.1 Å². The fourth-order valence-electron chi connectivity index (χ4n) is 2.36. The molecule has 2 rings (SSSR count). The van der Waals surface area contributed by atoms with Crippen molar-refractivity contribution < 1.29 is 0 Å². The zero-order valence-electron chi connectivity index (χ0n) is 10.5. The van der Waals surface area contributed by atoms with E-state index in [1.54, 1.807) is 0 Å². The predicted octanol–water partition coefficient (Wildman–Crippen LogP) is 2.78. The maximum Gasteiger partial charge on any atom is 0.0414 e. The van der Waals surface area contributed by atoms with Crippen LogP contribution in [0.4, 0.5) is 5.69 Å². The van der Waals surface area contributed by atoms with Crippen LogP contribution in [0.1, 0.15) is 32.8 Å². The third-order valence-electron chi connectivity index (χ3n) is 3.42. The van der Waals surface area contributed by atoms with Gasteiger partial charge in [0, 0.05) is 30.9 Å². The van der Waals surface area contributed by atoms with Crippen LogP contribution in [0, 0.1) is 0 Å². The zero-order valence-corrected chi connectivity index (χ0v) is 10.5. The van der Waals surface area contributed by atoms with Gasteiger partial charge in [0.2, 0.25) is 0 Å². The topological polar surface area (TPSA) is 15.3 Å². The fourth-order valence-corrected chi connectivity index (χ4v) is 2.36. The number of para-hydroxylation sites is 1. The van der Waals surface area contributed by atoms with Gasteiger partial charge in [0.1, 0.15) is 0 Å². The third-order valence-corrected chi connectivity index (χ3v) is 3.42. The van der Waals surface area contributed by atoms with E-state index in [-0.39, 0.29) is 0 Å². The summed E-state index contributed by atoms with van der Waals surface area (Å²) in [7, 11) is 0. The highest BCUT2D eigenvalue weighted by Crippen LogP contribution is 2.25. The normalized spacial score (nSPS) is 20.8. The molecule has 1 unspecified atom stereocenters. The van der Waals surface area contributed by atoms with Gasteiger partial charge in [-0.2, -0.15) is 0 Å². The van der Waals surface area contributed by atoms with E-state index in [1.807, 2.05) is 0 Å². The highest BCUT2D eigenvalue weighted by atomic mass is 15.2. The molecule has 0 radical (unpaired) electrons. The minimum Gasteiger partial charge on any atom is -0.367 e. The first-order chi connectivity index (χ1) is 7.72. The Morgan fingerprint density at radius 2 is 2.12 bits per heavy atom. The summed E-state index contributed by atoms with van der Waals surface area (Å²) in [6.07, 6.45) is 1.19. The fraction of sp³-hybridized carbons (Fsp3) is 0.571. The first kappa shape index (κ1) is 11.5. The van der Waals surface area contributed by atoms with Crippen molar-refractivity contribution in [1.82, 2.24) is 5.32 Å². The highest BCUT2D eigenvalue weighted by molar-refractivity contribution is 5.55. The Bertz CT molecular complexity index is 346. The molecule has 88 valence electrons. The first-order valence-corrected chi connectivity index (χ1v) is 6.30. The summed E-state index contributed by atoms with van der Waals surface area (Å²) in [6, 6.07) is 9.92. The van der Waals surface area contributed by atoms with Gasteiger partial charge in [-0.3, -0.25) is 0 Å². The van der Waals surface area contributed by atoms with E-state index in [9.17, 15) is 0 Å². The van der Waals surface area contributed by atoms with E-state index in [4.69, 9.17) is 0 Å². The van der Waals surface area contributed by atoms with Crippen LogP contribution in [0.5, 0.6) is 0 Å². The van der Waals surface area contributed by atoms with Crippen molar-refractivity contribution in [2.24, 2.45) is 0 Å². The molecule has 0 amide bonds. The van der Waals surface area contributed by atoms with E-state index in [0.29, 0.717) is 12.1 Å². The number of fused-ring (bicyclic) bond motifs is 1. The summed E-state index contributed by atoms with van der Waals surface area (Å²) in [5.74, 6) is 0. The molecule has 1 aromatic rings. The predicted molar refractivity (Wildman–Crippen MR) is 69.8 cm³/mol. The summed E-state index contributed by atoms with van der Waals surface area (Å²) in [5.41, 5.74) is 2.83. The number of benzene rings is 1. The molecule has 1 heterocycles. The van der Waals surface area contributed by atoms with Gasteiger partial charge in [-0.25, -0.2) is 0 Å². The molecule has 2 nitrogen and oxygen atoms in total. The van der Waals surface area contributed by atoms with E-state index in [2.05, 4.69) is 55.3 Å². The lowest BCUT2D eigenvalue weighted by atomic mass is 10.1. The molecule has 1 atom stereocenters. The Morgan fingerprint density at radius 3 is 2.81 bits per heavy atom. The molecule has 16 heavy (non-hydrogen) atoms. The maximum absolute atomic E-state index is 3.63. The number of rotatable bonds is 2. The second-order valence-corrected chi connectivity index (χ2v) is 4.86. The lowest BCUT2D eigenvalue weighted by Crippen LogP contribution is -2.41. The van der Waals surface area contributed by atoms with Crippen LogP contribution in [0.2, 0.25) is 0 Å². The second-order valence-electron chi connectivity index (χ2n) is 4.86. The lowest BCUT2D eigenvalue weighted by molar-refractivity contribution is 0.491. The molecule has 0 aliphatic carbocycles. The summed E-state index contributed by atoms with van der Waals surface area (Å²) in [4.78, 5) is 2.52. The smallest absolute Gasteiger partial charge is 0.0414 e. The Kier molecular flexibility index (Phi) is 3.49. The van der Waals surface area contributed by atoms with Gasteiger partial charge in [-0.05, 0) is 31.9 Å². The first-order valence-electron chi connectivity index (χ1n) is 6.30. The van der Waals surface area contributed by atoms with E-state index < -0.39 is 0 Å². The van der Waals surface area contributed by atoms with Crippen LogP contribution in [0.25, 0.3) is 0 Å². The second kappa shape index (κ2) is 4.88. The van der Waals surface area contributed by atoms with Gasteiger partial charge in [-0.15, -0.1) is 0 Å². The third kappa shape index (κ3) is 2.22. The molecule has 1 N–H and O–H groups in total. The van der Waals surface area contributed by atoms with Gasteiger partial charge in [0.05, 0.1) is 0 Å². The van der Waals surface area contributed by atoms with Crippen LogP contribution in [-0.2, 0) is 6.54 Å². The molecular formula is C14H22N2. The summed E-state index contributed by atoms with van der Waals surface area (Å²) >= 11 is 0. The molecule has 0 saturated heterocycles. The van der Waals surface area contributed by atoms with E-state index in [1.165, 1.54) is 17.7 Å². The molecule has 0 aromatic heterocycles. The SMILES string of the molecule is CCC1CN(C(C)C)c2ccccc2CN1. The summed E-state index contributed by atoms with van der Waals surface area (Å²) in [5, 5.41) is 3.63. The van der Waals surface area contributed by atoms with Gasteiger partial charge >= 0.3 is 0 Å². The average molecular weight is 218 g/mol. The monoisotopic (exact) mass is 218 g/mol. The summed E-state index contributed by atoms with van der Waals surface area (Å²) in [6.45, 7) is 8.92. The minimum absolute atomic E-state index is 0.565. The van der Waals surface area contributed by atoms with Crippen molar-refractivity contribution >= 4 is 5.69 Å². The van der Waals surface area contributed by atoms with Gasteiger partial charge in [0.15, 0.2) is 0 Å². The van der Waals surface area contributed by atoms with Gasteiger partial charge in [-0.1, -0.05) is 25.1 Å². The van der Waals surface area contributed by atoms with Crippen molar-refractivity contribution in [3.8, 4) is 0 Å². The number of hydrogen-bond acceptors (Lipinski definition) is 2. The number of nitrogens with one attached hydrogen (secondary N) is 1. The van der Waals surface area contributed by atoms with E-state index >= 15 is 0 Å². The molecule has 0 bridgehead atoms. The Labute approximate surface area is 98.7 Å². The number of hydrogen-bond donors (Lipinski definition) is 1. The minimum atomic E-state index is 0.565. The summed E-state index contributed by atoms with van der Waals surface area (Å²) < 4.78 is 0. The van der Waals surface area contributed by atoms with Crippen molar-refractivity contribution in [3.05, 3.63) is 29.8 Å². The van der Waals surface area contributed by atoms with Gasteiger partial charge in [0.25, 0.3) is 0 Å². The van der Waals surface area contributed by atoms with Gasteiger partial charge < -0.3 is 10.2 Å². The quantitative estimate of drug-likeness (QED) is 0.821. The number of nitrogens with zero attached hydrogens (tertiary/aromatic N) is 1. The molecule has 1 aromatic carbocycles. The zero-order chi connectivity index (χ0) is 11.5. The van der Waals surface area contributed by atoms with Crippen molar-refractivity contribution in [1.29, 1.82) is 0 Å². The van der Waals surface area contributed by atoms with Crippen LogP contribution in [0.3, 0.4) is 0 Å². The largest absolute Gasteiger partial charge is 0.367 e. The van der Waals surface area contributed by atoms with Crippen LogP contribution in [0.15, 0.2) is 24.3 Å². The Morgan fingerprint density at radius 1 is 1.38 bits per heavy atom. The van der Waals surface area contributed by atoms with Crippen LogP contribution >= 0.6 is 0 Å². The molecular weight excluding hydrogens is 196 g/mol. The standard InChI is InChI=1S/C14H22N2/c1-4-13-10-16(11(2)3)14-8-6-5-7-12(14)9-15-13/h5-8,11,13,15H,4,9-10H2,1-3H3. The lowest BCUT2D eigenvalue weighted by Gasteiger charge is -2.31.